The van der Waals surface area contributed by atoms with Crippen LogP contribution < -0.4 is 5.32 Å². The molecule has 1 unspecified atom stereocenters. The van der Waals surface area contributed by atoms with Crippen molar-refractivity contribution < 1.29 is 23.1 Å². The summed E-state index contributed by atoms with van der Waals surface area (Å²) in [5.74, 6) is -0.899. The smallest absolute Gasteiger partial charge is 0.411 e. The van der Waals surface area contributed by atoms with E-state index in [4.69, 9.17) is 4.74 Å². The molecule has 1 atom stereocenters. The van der Waals surface area contributed by atoms with Crippen LogP contribution in [0, 0.1) is 11.6 Å². The van der Waals surface area contributed by atoms with Crippen molar-refractivity contribution >= 4 is 17.8 Å². The van der Waals surface area contributed by atoms with Crippen molar-refractivity contribution in [1.29, 1.82) is 0 Å². The van der Waals surface area contributed by atoms with E-state index in [0.29, 0.717) is 30.1 Å². The molecule has 2 aliphatic heterocycles. The Morgan fingerprint density at radius 2 is 1.83 bits per heavy atom. The topological polar surface area (TPSA) is 74.2 Å². The third-order valence-corrected chi connectivity index (χ3v) is 6.36. The van der Waals surface area contributed by atoms with Gasteiger partial charge in [-0.05, 0) is 63.8 Å². The second kappa shape index (κ2) is 9.58. The number of carbonyl (C=O) groups is 2. The van der Waals surface area contributed by atoms with E-state index in [9.17, 15) is 18.4 Å². The molecule has 4 rings (SSSR count). The molecule has 0 bridgehead atoms. The predicted octanol–water partition coefficient (Wildman–Crippen LogP) is 3.94. The predicted molar refractivity (Wildman–Crippen MR) is 128 cm³/mol. The molecule has 0 aliphatic carbocycles. The zero-order chi connectivity index (χ0) is 25.3. The summed E-state index contributed by atoms with van der Waals surface area (Å²) in [6.45, 7) is 4.62. The van der Waals surface area contributed by atoms with Crippen molar-refractivity contribution in [3.05, 3.63) is 82.4 Å². The van der Waals surface area contributed by atoms with Gasteiger partial charge in [0.2, 0.25) is 0 Å². The van der Waals surface area contributed by atoms with Crippen LogP contribution in [0.15, 0.2) is 64.7 Å². The highest BCUT2D eigenvalue weighted by Crippen LogP contribution is 2.39. The highest BCUT2D eigenvalue weighted by molar-refractivity contribution is 6.14. The number of hydrogen-bond donors (Lipinski definition) is 1. The molecule has 0 saturated heterocycles. The molecule has 2 aromatic carbocycles. The molecule has 2 aromatic rings. The van der Waals surface area contributed by atoms with E-state index in [1.165, 1.54) is 30.3 Å². The molecule has 7 nitrogen and oxygen atoms in total. The van der Waals surface area contributed by atoms with Crippen LogP contribution in [0.1, 0.15) is 35.9 Å². The summed E-state index contributed by atoms with van der Waals surface area (Å²) in [4.78, 5) is 33.8. The number of hydrogen-bond acceptors (Lipinski definition) is 5. The van der Waals surface area contributed by atoms with Gasteiger partial charge in [-0.3, -0.25) is 14.7 Å². The van der Waals surface area contributed by atoms with Crippen molar-refractivity contribution in [2.45, 2.75) is 25.5 Å². The van der Waals surface area contributed by atoms with Gasteiger partial charge in [-0.1, -0.05) is 18.2 Å². The Kier molecular flexibility index (Phi) is 6.71. The van der Waals surface area contributed by atoms with E-state index in [-0.39, 0.29) is 6.54 Å². The Hall–Kier alpha value is -3.59. The normalized spacial score (nSPS) is 17.3. The first kappa shape index (κ1) is 24.5. The monoisotopic (exact) mass is 482 g/mol. The maximum absolute atomic E-state index is 14.5. The second-order valence-electron chi connectivity index (χ2n) is 9.38. The number of rotatable bonds is 5. The Balaban J connectivity index is 1.50. The zero-order valence-corrected chi connectivity index (χ0v) is 20.1. The lowest BCUT2D eigenvalue weighted by Gasteiger charge is -2.35. The molecule has 2 heterocycles. The summed E-state index contributed by atoms with van der Waals surface area (Å²) in [6, 6.07) is 11.5. The molecule has 35 heavy (non-hydrogen) atoms. The molecule has 9 heteroatoms. The summed E-state index contributed by atoms with van der Waals surface area (Å²) < 4.78 is 33.5. The summed E-state index contributed by atoms with van der Waals surface area (Å²) in [6.07, 6.45) is -1.38. The van der Waals surface area contributed by atoms with Gasteiger partial charge in [-0.15, -0.1) is 0 Å². The third kappa shape index (κ3) is 4.95. The van der Waals surface area contributed by atoms with Crippen molar-refractivity contribution in [1.82, 2.24) is 15.1 Å². The van der Waals surface area contributed by atoms with Gasteiger partial charge in [0, 0.05) is 23.2 Å². The maximum atomic E-state index is 14.5. The van der Waals surface area contributed by atoms with E-state index in [1.807, 2.05) is 32.8 Å². The number of amides is 2. The lowest BCUT2D eigenvalue weighted by Crippen LogP contribution is -2.47. The first-order valence-electron chi connectivity index (χ1n) is 11.3. The van der Waals surface area contributed by atoms with Crippen LogP contribution in [0.3, 0.4) is 0 Å². The molecule has 2 aliphatic rings. The third-order valence-electron chi connectivity index (χ3n) is 6.36. The fourth-order valence-corrected chi connectivity index (χ4v) is 4.38. The van der Waals surface area contributed by atoms with Gasteiger partial charge in [0.1, 0.15) is 23.6 Å². The van der Waals surface area contributed by atoms with Crippen molar-refractivity contribution in [2.75, 3.05) is 33.7 Å². The summed E-state index contributed by atoms with van der Waals surface area (Å²) in [5.41, 5.74) is 1.54. The van der Waals surface area contributed by atoms with E-state index in [0.717, 1.165) is 11.1 Å². The molecular weight excluding hydrogens is 454 g/mol. The van der Waals surface area contributed by atoms with Crippen LogP contribution in [0.4, 0.5) is 13.6 Å². The quantitative estimate of drug-likeness (QED) is 0.701. The molecule has 184 valence electrons. The second-order valence-corrected chi connectivity index (χ2v) is 9.38. The molecular formula is C26H28F2N4O3. The molecule has 0 aromatic heterocycles. The largest absolute Gasteiger partial charge is 0.440 e. The number of amidine groups is 1. The van der Waals surface area contributed by atoms with E-state index < -0.39 is 35.3 Å². The Labute approximate surface area is 203 Å². The number of nitrogens with one attached hydrogen (secondary N) is 1. The van der Waals surface area contributed by atoms with E-state index >= 15 is 0 Å². The number of halogens is 2. The van der Waals surface area contributed by atoms with Crippen LogP contribution >= 0.6 is 0 Å². The Bertz CT molecular complexity index is 1210. The van der Waals surface area contributed by atoms with Crippen molar-refractivity contribution in [2.24, 2.45) is 4.99 Å². The SMILES string of the molecule is CN(C)CC(OC(=O)N1CC2=C(CN=C2NC(=O)c2ccc(F)cc2)C1(C)C)c1ccccc1F. The van der Waals surface area contributed by atoms with Gasteiger partial charge >= 0.3 is 6.09 Å². The lowest BCUT2D eigenvalue weighted by molar-refractivity contribution is 0.0370. The van der Waals surface area contributed by atoms with Gasteiger partial charge in [0.15, 0.2) is 0 Å². The van der Waals surface area contributed by atoms with E-state index in [1.54, 1.807) is 23.1 Å². The number of likely N-dealkylation sites (N-methyl/N-ethyl adjacent to an activating group) is 1. The minimum absolute atomic E-state index is 0.190. The van der Waals surface area contributed by atoms with Crippen LogP contribution in [0.5, 0.6) is 0 Å². The number of ether oxygens (including phenoxy) is 1. The minimum atomic E-state index is -0.795. The number of nitrogens with zero attached hydrogens (tertiary/aromatic N) is 3. The highest BCUT2D eigenvalue weighted by Gasteiger charge is 2.46. The van der Waals surface area contributed by atoms with Crippen LogP contribution in [0.2, 0.25) is 0 Å². The highest BCUT2D eigenvalue weighted by atomic mass is 19.1. The van der Waals surface area contributed by atoms with Crippen LogP contribution in [0.25, 0.3) is 0 Å². The molecule has 2 amide bonds. The molecule has 0 fully saturated rings. The Morgan fingerprint density at radius 3 is 2.49 bits per heavy atom. The molecule has 0 saturated carbocycles. The molecule has 0 spiro atoms. The summed E-state index contributed by atoms with van der Waals surface area (Å²) in [5, 5.41) is 2.78. The Morgan fingerprint density at radius 1 is 1.14 bits per heavy atom. The standard InChI is InChI=1S/C26H28F2N4O3/c1-26(2)20-13-29-23(30-24(33)16-9-11-17(27)12-10-16)19(20)14-32(26)25(34)35-22(15-31(3)4)18-7-5-6-8-21(18)28/h5-12,22H,13-15H2,1-4H3,(H,29,30,33). The van der Waals surface area contributed by atoms with Crippen molar-refractivity contribution in [3.8, 4) is 0 Å². The fourth-order valence-electron chi connectivity index (χ4n) is 4.38. The van der Waals surface area contributed by atoms with E-state index in [2.05, 4.69) is 10.3 Å². The van der Waals surface area contributed by atoms with Crippen LogP contribution in [-0.4, -0.2) is 66.9 Å². The zero-order valence-electron chi connectivity index (χ0n) is 20.1. The number of carbonyl (C=O) groups excluding carboxylic acids is 2. The van der Waals surface area contributed by atoms with Crippen molar-refractivity contribution in [3.63, 3.8) is 0 Å². The van der Waals surface area contributed by atoms with Gasteiger partial charge in [-0.2, -0.15) is 0 Å². The van der Waals surface area contributed by atoms with Gasteiger partial charge in [0.05, 0.1) is 18.6 Å². The van der Waals surface area contributed by atoms with Crippen LogP contribution in [-0.2, 0) is 4.74 Å². The summed E-state index contributed by atoms with van der Waals surface area (Å²) >= 11 is 0. The van der Waals surface area contributed by atoms with Gasteiger partial charge < -0.3 is 15.0 Å². The number of benzene rings is 2. The fraction of sp³-hybridized carbons (Fsp3) is 0.346. The average molecular weight is 483 g/mol. The molecule has 1 N–H and O–H groups in total. The maximum Gasteiger partial charge on any atom is 0.411 e. The van der Waals surface area contributed by atoms with Gasteiger partial charge in [0.25, 0.3) is 5.91 Å². The first-order chi connectivity index (χ1) is 16.6. The number of aliphatic imine (C=N–C) groups is 1. The lowest BCUT2D eigenvalue weighted by atomic mass is 9.94. The minimum Gasteiger partial charge on any atom is -0.440 e. The first-order valence-corrected chi connectivity index (χ1v) is 11.3. The average Bonchev–Trinajstić information content (AvgIpc) is 3.31. The van der Waals surface area contributed by atoms with Gasteiger partial charge in [-0.25, -0.2) is 13.6 Å². The molecule has 0 radical (unpaired) electrons. The summed E-state index contributed by atoms with van der Waals surface area (Å²) in [7, 11) is 3.65.